The minimum Gasteiger partial charge on any atom is -0.398 e. The molecule has 120 valence electrons. The van der Waals surface area contributed by atoms with Gasteiger partial charge in [-0.1, -0.05) is 0 Å². The lowest BCUT2D eigenvalue weighted by Gasteiger charge is -2.28. The number of piperidine rings is 1. The summed E-state index contributed by atoms with van der Waals surface area (Å²) in [6.07, 6.45) is 6.59. The molecule has 0 aromatic carbocycles. The van der Waals surface area contributed by atoms with Gasteiger partial charge in [0.2, 0.25) is 0 Å². The monoisotopic (exact) mass is 334 g/mol. The van der Waals surface area contributed by atoms with E-state index in [4.69, 9.17) is 5.73 Å². The quantitative estimate of drug-likeness (QED) is 0.883. The number of likely N-dealkylation sites (tertiary alicyclic amines) is 1. The van der Waals surface area contributed by atoms with Crippen LogP contribution in [0.4, 0.5) is 5.69 Å². The van der Waals surface area contributed by atoms with Gasteiger partial charge >= 0.3 is 0 Å². The number of rotatable bonds is 4. The number of hydrogen-bond acceptors (Lipinski definition) is 4. The van der Waals surface area contributed by atoms with E-state index in [0.717, 1.165) is 25.4 Å². The summed E-state index contributed by atoms with van der Waals surface area (Å²) in [5.74, 6) is 0.598. The Morgan fingerprint density at radius 3 is 2.71 bits per heavy atom. The van der Waals surface area contributed by atoms with Gasteiger partial charge < -0.3 is 16.0 Å². The third-order valence-electron chi connectivity index (χ3n) is 3.78. The molecule has 0 spiro atoms. The number of nitrogens with one attached hydrogen (secondary N) is 1. The van der Waals surface area contributed by atoms with Crippen molar-refractivity contribution in [2.75, 3.05) is 32.4 Å². The predicted molar refractivity (Wildman–Crippen MR) is 90.3 cm³/mol. The number of nitrogen functional groups attached to an aromatic ring is 1. The second kappa shape index (κ2) is 9.82. The van der Waals surface area contributed by atoms with Crippen molar-refractivity contribution in [2.45, 2.75) is 19.3 Å². The molecule has 0 atom stereocenters. The third-order valence-corrected chi connectivity index (χ3v) is 3.78. The number of nitrogens with zero attached hydrogens (tertiary/aromatic N) is 2. The molecule has 1 amide bonds. The molecule has 0 unspecified atom stereocenters. The Balaban J connectivity index is 0.00000200. The minimum atomic E-state index is -0.126. The summed E-state index contributed by atoms with van der Waals surface area (Å²) in [6, 6.07) is 1.64. The van der Waals surface area contributed by atoms with Gasteiger partial charge in [-0.05, 0) is 51.4 Å². The summed E-state index contributed by atoms with van der Waals surface area (Å²) < 4.78 is 0. The lowest BCUT2D eigenvalue weighted by Crippen LogP contribution is -2.32. The van der Waals surface area contributed by atoms with Crippen LogP contribution in [0.25, 0.3) is 0 Å². The Morgan fingerprint density at radius 1 is 1.43 bits per heavy atom. The van der Waals surface area contributed by atoms with Crippen molar-refractivity contribution in [1.82, 2.24) is 15.2 Å². The van der Waals surface area contributed by atoms with Crippen LogP contribution in [-0.4, -0.2) is 42.5 Å². The number of halogens is 2. The highest BCUT2D eigenvalue weighted by atomic mass is 35.5. The largest absolute Gasteiger partial charge is 0.398 e. The molecule has 0 saturated carbocycles. The van der Waals surface area contributed by atoms with Gasteiger partial charge in [-0.25, -0.2) is 0 Å². The molecule has 0 aliphatic carbocycles. The van der Waals surface area contributed by atoms with Crippen molar-refractivity contribution in [1.29, 1.82) is 0 Å². The summed E-state index contributed by atoms with van der Waals surface area (Å²) in [6.45, 7) is 3.03. The SMILES string of the molecule is CN1CCC(CCNC(=O)c2cnccc2N)CC1.Cl.Cl. The van der Waals surface area contributed by atoms with Crippen LogP contribution in [0.15, 0.2) is 18.5 Å². The molecule has 1 aliphatic rings. The van der Waals surface area contributed by atoms with Gasteiger partial charge in [0.1, 0.15) is 0 Å². The Morgan fingerprint density at radius 2 is 2.10 bits per heavy atom. The molecular formula is C14H24Cl2N4O. The number of hydrogen-bond donors (Lipinski definition) is 2. The van der Waals surface area contributed by atoms with Crippen LogP contribution >= 0.6 is 24.8 Å². The highest BCUT2D eigenvalue weighted by Crippen LogP contribution is 2.18. The number of carbonyl (C=O) groups excluding carboxylic acids is 1. The van der Waals surface area contributed by atoms with Gasteiger partial charge in [0.25, 0.3) is 5.91 Å². The average molecular weight is 335 g/mol. The van der Waals surface area contributed by atoms with Gasteiger partial charge in [-0.3, -0.25) is 9.78 Å². The molecule has 1 aromatic heterocycles. The molecule has 1 saturated heterocycles. The number of aromatic nitrogens is 1. The number of nitrogens with two attached hydrogens (primary N) is 1. The minimum absolute atomic E-state index is 0. The van der Waals surface area contributed by atoms with Crippen LogP contribution in [0.1, 0.15) is 29.6 Å². The molecule has 2 heterocycles. The van der Waals surface area contributed by atoms with E-state index in [1.165, 1.54) is 19.0 Å². The van der Waals surface area contributed by atoms with Gasteiger partial charge in [-0.15, -0.1) is 24.8 Å². The standard InChI is InChI=1S/C14H22N4O.2ClH/c1-18-8-4-11(5-9-18)2-7-17-14(19)12-10-16-6-3-13(12)15;;/h3,6,10-11H,2,4-5,7-9H2,1H3,(H2,15,16)(H,17,19);2*1H. The van der Waals surface area contributed by atoms with Crippen LogP contribution in [0, 0.1) is 5.92 Å². The zero-order chi connectivity index (χ0) is 13.7. The molecule has 0 radical (unpaired) electrons. The first-order valence-corrected chi connectivity index (χ1v) is 6.83. The maximum atomic E-state index is 11.9. The molecule has 2 rings (SSSR count). The molecule has 3 N–H and O–H groups in total. The normalized spacial score (nSPS) is 15.7. The van der Waals surface area contributed by atoms with E-state index in [-0.39, 0.29) is 30.7 Å². The summed E-state index contributed by atoms with van der Waals surface area (Å²) in [4.78, 5) is 18.2. The van der Waals surface area contributed by atoms with Crippen molar-refractivity contribution in [3.8, 4) is 0 Å². The van der Waals surface area contributed by atoms with Crippen molar-refractivity contribution in [3.05, 3.63) is 24.0 Å². The molecule has 21 heavy (non-hydrogen) atoms. The van der Waals surface area contributed by atoms with Crippen LogP contribution in [0.2, 0.25) is 0 Å². The molecule has 1 aromatic rings. The summed E-state index contributed by atoms with van der Waals surface area (Å²) in [5.41, 5.74) is 6.69. The Bertz CT molecular complexity index is 437. The third kappa shape index (κ3) is 6.08. The summed E-state index contributed by atoms with van der Waals surface area (Å²) in [5, 5.41) is 2.93. The van der Waals surface area contributed by atoms with E-state index < -0.39 is 0 Å². The smallest absolute Gasteiger partial charge is 0.254 e. The van der Waals surface area contributed by atoms with E-state index in [1.807, 2.05) is 0 Å². The Kier molecular flexibility index (Phi) is 9.33. The first kappa shape index (κ1) is 20.0. The molecular weight excluding hydrogens is 311 g/mol. The molecule has 1 fully saturated rings. The van der Waals surface area contributed by atoms with Crippen LogP contribution in [-0.2, 0) is 0 Å². The predicted octanol–water partition coefficient (Wildman–Crippen LogP) is 1.97. The first-order chi connectivity index (χ1) is 9.16. The van der Waals surface area contributed by atoms with E-state index in [1.54, 1.807) is 12.3 Å². The van der Waals surface area contributed by atoms with Crippen LogP contribution in [0.3, 0.4) is 0 Å². The Hall–Kier alpha value is -1.04. The first-order valence-electron chi connectivity index (χ1n) is 6.83. The van der Waals surface area contributed by atoms with Gasteiger partial charge in [-0.2, -0.15) is 0 Å². The zero-order valence-electron chi connectivity index (χ0n) is 12.2. The maximum Gasteiger partial charge on any atom is 0.254 e. The highest BCUT2D eigenvalue weighted by Gasteiger charge is 2.16. The average Bonchev–Trinajstić information content (AvgIpc) is 2.41. The fourth-order valence-corrected chi connectivity index (χ4v) is 2.43. The number of pyridine rings is 1. The van der Waals surface area contributed by atoms with Gasteiger partial charge in [0.05, 0.1) is 5.56 Å². The maximum absolute atomic E-state index is 11.9. The van der Waals surface area contributed by atoms with Crippen molar-refractivity contribution in [2.24, 2.45) is 5.92 Å². The fourth-order valence-electron chi connectivity index (χ4n) is 2.43. The fraction of sp³-hybridized carbons (Fsp3) is 0.571. The highest BCUT2D eigenvalue weighted by molar-refractivity contribution is 5.98. The second-order valence-electron chi connectivity index (χ2n) is 5.25. The molecule has 7 heteroatoms. The van der Waals surface area contributed by atoms with Crippen molar-refractivity contribution >= 4 is 36.4 Å². The number of anilines is 1. The summed E-state index contributed by atoms with van der Waals surface area (Å²) >= 11 is 0. The van der Waals surface area contributed by atoms with Gasteiger partial charge in [0, 0.05) is 24.6 Å². The number of amides is 1. The zero-order valence-corrected chi connectivity index (χ0v) is 13.9. The lowest BCUT2D eigenvalue weighted by atomic mass is 9.94. The van der Waals surface area contributed by atoms with Gasteiger partial charge in [0.15, 0.2) is 0 Å². The second-order valence-corrected chi connectivity index (χ2v) is 5.25. The van der Waals surface area contributed by atoms with E-state index in [0.29, 0.717) is 17.8 Å². The molecule has 0 bridgehead atoms. The van der Waals surface area contributed by atoms with E-state index in [2.05, 4.69) is 22.2 Å². The topological polar surface area (TPSA) is 71.2 Å². The lowest BCUT2D eigenvalue weighted by molar-refractivity contribution is 0.0949. The van der Waals surface area contributed by atoms with E-state index in [9.17, 15) is 4.79 Å². The van der Waals surface area contributed by atoms with Crippen molar-refractivity contribution < 1.29 is 4.79 Å². The Labute approximate surface area is 138 Å². The van der Waals surface area contributed by atoms with Crippen LogP contribution < -0.4 is 11.1 Å². The van der Waals surface area contributed by atoms with Crippen molar-refractivity contribution in [3.63, 3.8) is 0 Å². The molecule has 5 nitrogen and oxygen atoms in total. The van der Waals surface area contributed by atoms with E-state index >= 15 is 0 Å². The summed E-state index contributed by atoms with van der Waals surface area (Å²) in [7, 11) is 2.16. The number of carbonyl (C=O) groups is 1. The van der Waals surface area contributed by atoms with Crippen LogP contribution in [0.5, 0.6) is 0 Å². The molecule has 1 aliphatic heterocycles.